The van der Waals surface area contributed by atoms with Gasteiger partial charge in [-0.2, -0.15) is 16.6 Å². The second-order valence-corrected chi connectivity index (χ2v) is 7.38. The van der Waals surface area contributed by atoms with Crippen LogP contribution in [0.5, 0.6) is 0 Å². The molecule has 0 atom stereocenters. The first-order chi connectivity index (χ1) is 12.2. The number of halogens is 1. The van der Waals surface area contributed by atoms with Crippen LogP contribution in [-0.2, 0) is 5.75 Å². The Labute approximate surface area is 159 Å². The number of carbonyl (C=O) groups is 1. The molecule has 1 N–H and O–H groups in total. The van der Waals surface area contributed by atoms with E-state index in [1.165, 1.54) is 5.56 Å². The van der Waals surface area contributed by atoms with E-state index in [2.05, 4.69) is 16.8 Å². The molecule has 3 aromatic rings. The Morgan fingerprint density at radius 1 is 1.24 bits per heavy atom. The average molecular weight is 385 g/mol. The highest BCUT2D eigenvalue weighted by Crippen LogP contribution is 2.28. The molecule has 3 nitrogen and oxygen atoms in total. The normalized spacial score (nSPS) is 10.2. The van der Waals surface area contributed by atoms with Crippen LogP contribution in [-0.4, -0.2) is 5.91 Å². The highest BCUT2D eigenvalue weighted by molar-refractivity contribution is 7.98. The predicted octanol–water partition coefficient (Wildman–Crippen LogP) is 5.82. The van der Waals surface area contributed by atoms with E-state index in [0.29, 0.717) is 21.8 Å². The van der Waals surface area contributed by atoms with Gasteiger partial charge in [-0.25, -0.2) is 0 Å². The quantitative estimate of drug-likeness (QED) is 0.564. The second-order valence-electron chi connectivity index (χ2n) is 5.18. The number of thiophene rings is 1. The number of rotatable bonds is 5. The summed E-state index contributed by atoms with van der Waals surface area (Å²) >= 11 is 9.31. The minimum Gasteiger partial charge on any atom is -0.322 e. The van der Waals surface area contributed by atoms with E-state index >= 15 is 0 Å². The van der Waals surface area contributed by atoms with Crippen molar-refractivity contribution in [3.8, 4) is 6.07 Å². The number of thioether (sulfide) groups is 1. The fraction of sp³-hybridized carbons (Fsp3) is 0.0526. The maximum absolute atomic E-state index is 12.6. The van der Waals surface area contributed by atoms with Gasteiger partial charge >= 0.3 is 0 Å². The number of hydrogen-bond donors (Lipinski definition) is 1. The third-order valence-electron chi connectivity index (χ3n) is 3.45. The molecular formula is C19H13ClN2OS2. The third kappa shape index (κ3) is 4.43. The molecule has 0 aliphatic rings. The van der Waals surface area contributed by atoms with Gasteiger partial charge in [0.05, 0.1) is 16.1 Å². The predicted molar refractivity (Wildman–Crippen MR) is 104 cm³/mol. The summed E-state index contributed by atoms with van der Waals surface area (Å²) in [6, 6.07) is 16.4. The van der Waals surface area contributed by atoms with Gasteiger partial charge in [0.1, 0.15) is 6.07 Å². The van der Waals surface area contributed by atoms with Crippen LogP contribution in [0.4, 0.5) is 5.69 Å². The van der Waals surface area contributed by atoms with E-state index in [1.54, 1.807) is 47.4 Å². The molecule has 0 aliphatic carbocycles. The molecule has 0 unspecified atom stereocenters. The summed E-state index contributed by atoms with van der Waals surface area (Å²) in [5, 5.41) is 16.2. The van der Waals surface area contributed by atoms with Gasteiger partial charge in [0.15, 0.2) is 0 Å². The molecule has 6 heteroatoms. The van der Waals surface area contributed by atoms with Gasteiger partial charge in [-0.05, 0) is 52.7 Å². The summed E-state index contributed by atoms with van der Waals surface area (Å²) in [5.41, 5.74) is 2.80. The molecule has 0 fully saturated rings. The van der Waals surface area contributed by atoms with E-state index in [0.717, 1.165) is 10.6 Å². The van der Waals surface area contributed by atoms with Crippen LogP contribution in [0, 0.1) is 11.3 Å². The SMILES string of the molecule is N#Cc1ccc(NC(=O)c2ccccc2SCc2ccsc2)cc1Cl. The van der Waals surface area contributed by atoms with Crippen LogP contribution in [0.3, 0.4) is 0 Å². The average Bonchev–Trinajstić information content (AvgIpc) is 3.14. The molecule has 0 saturated heterocycles. The highest BCUT2D eigenvalue weighted by atomic mass is 35.5. The molecule has 25 heavy (non-hydrogen) atoms. The monoisotopic (exact) mass is 384 g/mol. The Hall–Kier alpha value is -2.26. The van der Waals surface area contributed by atoms with Crippen molar-refractivity contribution >= 4 is 46.3 Å². The Kier molecular flexibility index (Phi) is 5.77. The van der Waals surface area contributed by atoms with Gasteiger partial charge in [-0.3, -0.25) is 4.79 Å². The van der Waals surface area contributed by atoms with Gasteiger partial charge < -0.3 is 5.32 Å². The zero-order valence-electron chi connectivity index (χ0n) is 13.0. The van der Waals surface area contributed by atoms with Crippen molar-refractivity contribution in [2.45, 2.75) is 10.6 Å². The topological polar surface area (TPSA) is 52.9 Å². The molecule has 3 rings (SSSR count). The number of nitrogens with zero attached hydrogens (tertiary/aromatic N) is 1. The lowest BCUT2D eigenvalue weighted by molar-refractivity contribution is 0.102. The van der Waals surface area contributed by atoms with E-state index in [9.17, 15) is 4.79 Å². The molecule has 0 aliphatic heterocycles. The maximum Gasteiger partial charge on any atom is 0.256 e. The lowest BCUT2D eigenvalue weighted by Gasteiger charge is -2.10. The first-order valence-electron chi connectivity index (χ1n) is 7.41. The minimum absolute atomic E-state index is 0.200. The lowest BCUT2D eigenvalue weighted by Crippen LogP contribution is -2.13. The van der Waals surface area contributed by atoms with E-state index in [4.69, 9.17) is 16.9 Å². The second kappa shape index (κ2) is 8.21. The number of hydrogen-bond acceptors (Lipinski definition) is 4. The molecule has 0 bridgehead atoms. The largest absolute Gasteiger partial charge is 0.322 e. The molecule has 0 saturated carbocycles. The first-order valence-corrected chi connectivity index (χ1v) is 9.72. The van der Waals surface area contributed by atoms with Crippen LogP contribution in [0.15, 0.2) is 64.2 Å². The zero-order valence-corrected chi connectivity index (χ0v) is 15.4. The van der Waals surface area contributed by atoms with Gasteiger partial charge in [0.25, 0.3) is 5.91 Å². The highest BCUT2D eigenvalue weighted by Gasteiger charge is 2.12. The first kappa shape index (κ1) is 17.6. The molecule has 124 valence electrons. The van der Waals surface area contributed by atoms with Crippen molar-refractivity contribution in [1.29, 1.82) is 5.26 Å². The number of nitriles is 1. The van der Waals surface area contributed by atoms with Gasteiger partial charge in [-0.15, -0.1) is 11.8 Å². The smallest absolute Gasteiger partial charge is 0.256 e. The van der Waals surface area contributed by atoms with Gasteiger partial charge in [0, 0.05) is 16.3 Å². The van der Waals surface area contributed by atoms with Crippen LogP contribution in [0.25, 0.3) is 0 Å². The summed E-state index contributed by atoms with van der Waals surface area (Å²) in [5.74, 6) is 0.616. The Balaban J connectivity index is 1.76. The summed E-state index contributed by atoms with van der Waals surface area (Å²) in [7, 11) is 0. The summed E-state index contributed by atoms with van der Waals surface area (Å²) < 4.78 is 0. The van der Waals surface area contributed by atoms with Gasteiger partial charge in [-0.1, -0.05) is 23.7 Å². The molecule has 1 heterocycles. The van der Waals surface area contributed by atoms with Crippen molar-refractivity contribution in [2.24, 2.45) is 0 Å². The number of amides is 1. The molecule has 1 amide bonds. The molecule has 1 aromatic heterocycles. The van der Waals surface area contributed by atoms with Gasteiger partial charge in [0.2, 0.25) is 0 Å². The fourth-order valence-electron chi connectivity index (χ4n) is 2.20. The van der Waals surface area contributed by atoms with Crippen molar-refractivity contribution in [3.05, 3.63) is 81.0 Å². The number of nitrogens with one attached hydrogen (secondary N) is 1. The van der Waals surface area contributed by atoms with Crippen LogP contribution < -0.4 is 5.32 Å². The summed E-state index contributed by atoms with van der Waals surface area (Å²) in [4.78, 5) is 13.6. The molecule has 0 radical (unpaired) electrons. The van der Waals surface area contributed by atoms with Crippen LogP contribution in [0.1, 0.15) is 21.5 Å². The van der Waals surface area contributed by atoms with E-state index < -0.39 is 0 Å². The van der Waals surface area contributed by atoms with Crippen LogP contribution in [0.2, 0.25) is 5.02 Å². The number of anilines is 1. The zero-order chi connectivity index (χ0) is 17.6. The van der Waals surface area contributed by atoms with Crippen molar-refractivity contribution < 1.29 is 4.79 Å². The summed E-state index contributed by atoms with van der Waals surface area (Å²) in [6.45, 7) is 0. The number of carbonyl (C=O) groups excluding carboxylic acids is 1. The maximum atomic E-state index is 12.6. The molecule has 2 aromatic carbocycles. The fourth-order valence-corrected chi connectivity index (χ4v) is 4.19. The van der Waals surface area contributed by atoms with E-state index in [-0.39, 0.29) is 5.91 Å². The lowest BCUT2D eigenvalue weighted by atomic mass is 10.2. The minimum atomic E-state index is -0.200. The Bertz CT molecular complexity index is 933. The Morgan fingerprint density at radius 3 is 2.80 bits per heavy atom. The molecular weight excluding hydrogens is 372 g/mol. The van der Waals surface area contributed by atoms with Crippen molar-refractivity contribution in [2.75, 3.05) is 5.32 Å². The Morgan fingerprint density at radius 2 is 2.08 bits per heavy atom. The van der Waals surface area contributed by atoms with Crippen LogP contribution >= 0.6 is 34.7 Å². The summed E-state index contributed by atoms with van der Waals surface area (Å²) in [6.07, 6.45) is 0. The molecule has 0 spiro atoms. The third-order valence-corrected chi connectivity index (χ3v) is 5.64. The standard InChI is InChI=1S/C19H13ClN2OS2/c20-17-9-15(6-5-14(17)10-21)22-19(23)16-3-1-2-4-18(16)25-12-13-7-8-24-11-13/h1-9,11H,12H2,(H,22,23). The number of benzene rings is 2. The van der Waals surface area contributed by atoms with Crippen molar-refractivity contribution in [1.82, 2.24) is 0 Å². The van der Waals surface area contributed by atoms with E-state index in [1.807, 2.05) is 29.6 Å². The van der Waals surface area contributed by atoms with Crippen molar-refractivity contribution in [3.63, 3.8) is 0 Å².